The Morgan fingerprint density at radius 2 is 1.75 bits per heavy atom. The molecule has 2 heteroatoms. The minimum Gasteiger partial charge on any atom is -0.462 e. The first-order valence-electron chi connectivity index (χ1n) is 14.1. The summed E-state index contributed by atoms with van der Waals surface area (Å²) in [5.41, 5.74) is 1.25. The molecule has 4 aliphatic rings. The van der Waals surface area contributed by atoms with Crippen LogP contribution >= 0.6 is 0 Å². The number of fused-ring (bicyclic) bond motifs is 5. The summed E-state index contributed by atoms with van der Waals surface area (Å²) in [5, 5.41) is 0. The molecule has 0 aromatic rings. The lowest BCUT2D eigenvalue weighted by atomic mass is 9.44. The molecule has 0 N–H and O–H groups in total. The molecule has 4 fully saturated rings. The van der Waals surface area contributed by atoms with Gasteiger partial charge >= 0.3 is 5.97 Å². The molecule has 4 saturated carbocycles. The van der Waals surface area contributed by atoms with E-state index in [1.807, 2.05) is 0 Å². The average molecular weight is 443 g/mol. The number of hydrogen-bond donors (Lipinski definition) is 0. The van der Waals surface area contributed by atoms with Crippen LogP contribution in [0.15, 0.2) is 12.7 Å². The van der Waals surface area contributed by atoms with Crippen LogP contribution in [0, 0.1) is 52.3 Å². The van der Waals surface area contributed by atoms with Crippen molar-refractivity contribution in [3.8, 4) is 0 Å². The number of hydrogen-bond acceptors (Lipinski definition) is 2. The van der Waals surface area contributed by atoms with Gasteiger partial charge in [-0.1, -0.05) is 60.0 Å². The Bertz CT molecular complexity index is 670. The molecule has 0 aromatic carbocycles. The van der Waals surface area contributed by atoms with Crippen LogP contribution in [-0.4, -0.2) is 12.6 Å². The van der Waals surface area contributed by atoms with Crippen molar-refractivity contribution in [2.75, 3.05) is 6.61 Å². The summed E-state index contributed by atoms with van der Waals surface area (Å²) in [6.07, 6.45) is 20.1. The maximum atomic E-state index is 11.3. The van der Waals surface area contributed by atoms with Crippen LogP contribution in [0.4, 0.5) is 0 Å². The summed E-state index contributed by atoms with van der Waals surface area (Å²) in [6.45, 7) is 14.2. The van der Waals surface area contributed by atoms with Gasteiger partial charge in [-0.3, -0.25) is 0 Å². The van der Waals surface area contributed by atoms with Crippen LogP contribution in [0.5, 0.6) is 0 Å². The van der Waals surface area contributed by atoms with Crippen LogP contribution in [-0.2, 0) is 9.53 Å². The van der Waals surface area contributed by atoms with E-state index >= 15 is 0 Å². The Kier molecular flexibility index (Phi) is 7.48. The van der Waals surface area contributed by atoms with Gasteiger partial charge in [0.2, 0.25) is 0 Å². The van der Waals surface area contributed by atoms with Gasteiger partial charge < -0.3 is 4.74 Å². The van der Waals surface area contributed by atoms with E-state index in [2.05, 4.69) is 34.3 Å². The van der Waals surface area contributed by atoms with Gasteiger partial charge in [-0.25, -0.2) is 4.79 Å². The van der Waals surface area contributed by atoms with E-state index in [0.29, 0.717) is 23.4 Å². The number of ether oxygens (including phenoxy) is 1. The monoisotopic (exact) mass is 442 g/mol. The molecule has 4 rings (SSSR count). The normalized spacial score (nSPS) is 42.8. The smallest absolute Gasteiger partial charge is 0.330 e. The number of carbonyl (C=O) groups is 1. The molecular weight excluding hydrogens is 392 g/mol. The Morgan fingerprint density at radius 1 is 0.969 bits per heavy atom. The van der Waals surface area contributed by atoms with Crippen LogP contribution < -0.4 is 0 Å². The Balaban J connectivity index is 1.32. The fraction of sp³-hybridized carbons (Fsp3) is 0.900. The van der Waals surface area contributed by atoms with Gasteiger partial charge in [-0.2, -0.15) is 0 Å². The molecule has 0 heterocycles. The Hall–Kier alpha value is -0.790. The molecule has 182 valence electrons. The summed E-state index contributed by atoms with van der Waals surface area (Å²) in [5.74, 6) is 5.96. The predicted octanol–water partition coefficient (Wildman–Crippen LogP) is 8.21. The first kappa shape index (κ1) is 24.3. The zero-order chi connectivity index (χ0) is 22.9. The lowest BCUT2D eigenvalue weighted by Crippen LogP contribution is -2.53. The zero-order valence-electron chi connectivity index (χ0n) is 21.5. The van der Waals surface area contributed by atoms with E-state index in [4.69, 9.17) is 4.74 Å². The van der Waals surface area contributed by atoms with E-state index in [1.165, 1.54) is 83.1 Å². The Morgan fingerprint density at radius 3 is 2.53 bits per heavy atom. The second kappa shape index (κ2) is 9.83. The summed E-state index contributed by atoms with van der Waals surface area (Å²) in [4.78, 5) is 11.3. The molecule has 0 bridgehead atoms. The minimum absolute atomic E-state index is 0.290. The molecule has 0 spiro atoms. The highest BCUT2D eigenvalue weighted by molar-refractivity contribution is 5.81. The maximum Gasteiger partial charge on any atom is 0.330 e. The van der Waals surface area contributed by atoms with E-state index in [-0.39, 0.29) is 5.97 Å². The van der Waals surface area contributed by atoms with E-state index < -0.39 is 0 Å². The summed E-state index contributed by atoms with van der Waals surface area (Å²) in [7, 11) is 0. The molecule has 9 atom stereocenters. The van der Waals surface area contributed by atoms with Gasteiger partial charge in [0, 0.05) is 6.08 Å². The zero-order valence-corrected chi connectivity index (χ0v) is 21.5. The van der Waals surface area contributed by atoms with Crippen LogP contribution in [0.3, 0.4) is 0 Å². The largest absolute Gasteiger partial charge is 0.462 e. The van der Waals surface area contributed by atoms with Gasteiger partial charge in [0.1, 0.15) is 0 Å². The second-order valence-corrected chi connectivity index (χ2v) is 13.0. The highest BCUT2D eigenvalue weighted by Crippen LogP contribution is 2.68. The van der Waals surface area contributed by atoms with E-state index in [9.17, 15) is 4.79 Å². The lowest BCUT2D eigenvalue weighted by molar-refractivity contribution is -0.139. The highest BCUT2D eigenvalue weighted by Gasteiger charge is 2.60. The molecule has 4 aliphatic carbocycles. The van der Waals surface area contributed by atoms with Crippen molar-refractivity contribution in [1.82, 2.24) is 0 Å². The van der Waals surface area contributed by atoms with Crippen molar-refractivity contribution in [2.45, 2.75) is 111 Å². The van der Waals surface area contributed by atoms with Gasteiger partial charge in [-0.15, -0.1) is 0 Å². The van der Waals surface area contributed by atoms with Crippen molar-refractivity contribution in [2.24, 2.45) is 52.3 Å². The molecule has 2 nitrogen and oxygen atoms in total. The fourth-order valence-corrected chi connectivity index (χ4v) is 9.63. The third kappa shape index (κ3) is 4.46. The van der Waals surface area contributed by atoms with Crippen LogP contribution in [0.1, 0.15) is 111 Å². The second-order valence-electron chi connectivity index (χ2n) is 13.0. The van der Waals surface area contributed by atoms with Crippen LogP contribution in [0.25, 0.3) is 0 Å². The van der Waals surface area contributed by atoms with E-state index in [1.54, 1.807) is 0 Å². The van der Waals surface area contributed by atoms with Crippen molar-refractivity contribution in [3.05, 3.63) is 12.7 Å². The third-order valence-electron chi connectivity index (χ3n) is 11.4. The topological polar surface area (TPSA) is 26.3 Å². The first-order valence-corrected chi connectivity index (χ1v) is 14.1. The molecule has 0 amide bonds. The molecule has 0 aliphatic heterocycles. The Labute approximate surface area is 198 Å². The summed E-state index contributed by atoms with van der Waals surface area (Å²) < 4.78 is 5.24. The molecule has 0 saturated heterocycles. The van der Waals surface area contributed by atoms with Gasteiger partial charge in [0.15, 0.2) is 0 Å². The van der Waals surface area contributed by atoms with Crippen molar-refractivity contribution < 1.29 is 9.53 Å². The molecule has 2 unspecified atom stereocenters. The number of rotatable bonds is 8. The van der Waals surface area contributed by atoms with Crippen molar-refractivity contribution in [1.29, 1.82) is 0 Å². The SMILES string of the molecule is C=CC(=O)OCC(C)CCC[C@@H](C)[C@H]1CC[C@H]2[C@@H]3CCC4CCCC[C@]4(C)[C@H]3CC[C@]12C. The number of esters is 1. The molecule has 0 radical (unpaired) electrons. The lowest BCUT2D eigenvalue weighted by Gasteiger charge is -2.61. The van der Waals surface area contributed by atoms with E-state index in [0.717, 1.165) is 41.9 Å². The van der Waals surface area contributed by atoms with Gasteiger partial charge in [0.25, 0.3) is 0 Å². The maximum absolute atomic E-state index is 11.3. The standard InChI is InChI=1S/C30H50O2/c1-6-28(31)32-20-21(2)10-9-11-22(3)25-15-16-26-24-14-13-23-12-7-8-18-29(23,4)27(24)17-19-30(25,26)5/h6,21-27H,1,7-20H2,2-5H3/t21?,22-,23?,24+,25-,26+,27+,29+,30-/m1/s1. The van der Waals surface area contributed by atoms with Crippen molar-refractivity contribution in [3.63, 3.8) is 0 Å². The highest BCUT2D eigenvalue weighted by atomic mass is 16.5. The molecule has 32 heavy (non-hydrogen) atoms. The average Bonchev–Trinajstić information content (AvgIpc) is 3.14. The minimum atomic E-state index is -0.290. The van der Waals surface area contributed by atoms with Crippen LogP contribution in [0.2, 0.25) is 0 Å². The predicted molar refractivity (Wildman–Crippen MR) is 133 cm³/mol. The fourth-order valence-electron chi connectivity index (χ4n) is 9.63. The first-order chi connectivity index (χ1) is 15.3. The molecule has 0 aromatic heterocycles. The summed E-state index contributed by atoms with van der Waals surface area (Å²) >= 11 is 0. The summed E-state index contributed by atoms with van der Waals surface area (Å²) in [6, 6.07) is 0. The quantitative estimate of drug-likeness (QED) is 0.280. The third-order valence-corrected chi connectivity index (χ3v) is 11.4. The van der Waals surface area contributed by atoms with Gasteiger partial charge in [0.05, 0.1) is 6.61 Å². The number of carbonyl (C=O) groups excluding carboxylic acids is 1. The van der Waals surface area contributed by atoms with Crippen molar-refractivity contribution >= 4 is 5.97 Å². The van der Waals surface area contributed by atoms with Gasteiger partial charge in [-0.05, 0) is 110 Å². The molecular formula is C30H50O2.